The van der Waals surface area contributed by atoms with E-state index in [4.69, 9.17) is 28.4 Å². The van der Waals surface area contributed by atoms with Gasteiger partial charge in [0.15, 0.2) is 11.9 Å². The van der Waals surface area contributed by atoms with E-state index in [1.54, 1.807) is 38.6 Å². The zero-order chi connectivity index (χ0) is 53.5. The normalized spacial score (nSPS) is 25.8. The Morgan fingerprint density at radius 3 is 2.21 bits per heavy atom. The zero-order valence-corrected chi connectivity index (χ0v) is 44.6. The molecule has 10 atom stereocenters. The van der Waals surface area contributed by atoms with E-state index in [0.717, 1.165) is 17.6 Å². The van der Waals surface area contributed by atoms with Gasteiger partial charge in [-0.1, -0.05) is 82.8 Å². The fraction of sp³-hybridized carbons (Fsp3) is 0.704. The molecule has 3 aliphatic carbocycles. The monoisotopic (exact) mass is 1020 g/mol. The first-order chi connectivity index (χ1) is 34.5. The molecule has 3 amide bonds. The molecule has 5 rings (SSSR count). The lowest BCUT2D eigenvalue weighted by Crippen LogP contribution is -2.56. The standard InChI is InChI=1S/C54H84N6O13/c1-34(2)28-43(56-50(65)46(62)42(30-38-14-12-11-13-15-38)57-51(66)73-52(6,7)8)49(64)55-18-20-68-22-24-70-26-27-71-25-23-69-21-19-60-32-39(58-59-60)33-72-47-35(3)16-17-40-41(53(40,9)10)29-36(4)48(63)54(67)31-37(5)45(61)44(47)54/h11-15,29,32,34,37,40-47,61-62,67H,3,16-28,30-31,33H2,1-2,4-10H3,(H,55,64)(H,56,65)(H,57,66)/b36-29+/t37-,40-,41+,42+,43-,44+,45-,46-,47-,54+/m0/s1. The van der Waals surface area contributed by atoms with Gasteiger partial charge in [0.25, 0.3) is 5.91 Å². The van der Waals surface area contributed by atoms with Crippen LogP contribution in [0.1, 0.15) is 99.3 Å². The van der Waals surface area contributed by atoms with Gasteiger partial charge in [0.05, 0.1) is 96.4 Å². The van der Waals surface area contributed by atoms with Crippen molar-refractivity contribution in [1.82, 2.24) is 30.9 Å². The molecule has 0 spiro atoms. The zero-order valence-electron chi connectivity index (χ0n) is 44.6. The number of nitrogens with zero attached hydrogens (tertiary/aromatic N) is 3. The molecule has 0 aliphatic heterocycles. The molecule has 73 heavy (non-hydrogen) atoms. The average molecular weight is 1030 g/mol. The fourth-order valence-electron chi connectivity index (χ4n) is 10.1. The first-order valence-electron chi connectivity index (χ1n) is 25.9. The quantitative estimate of drug-likeness (QED) is 0.0541. The highest BCUT2D eigenvalue weighted by Crippen LogP contribution is 2.62. The van der Waals surface area contributed by atoms with Gasteiger partial charge in [0.1, 0.15) is 22.9 Å². The molecule has 0 bridgehead atoms. The van der Waals surface area contributed by atoms with Gasteiger partial charge >= 0.3 is 6.09 Å². The number of aliphatic hydroxyl groups excluding tert-OH is 2. The minimum Gasteiger partial charge on any atom is -0.444 e. The Kier molecular flexibility index (Phi) is 22.1. The summed E-state index contributed by atoms with van der Waals surface area (Å²) in [6.07, 6.45) is 1.78. The number of fused-ring (bicyclic) bond motifs is 2. The van der Waals surface area contributed by atoms with E-state index in [9.17, 15) is 34.5 Å². The highest BCUT2D eigenvalue weighted by molar-refractivity contribution is 6.02. The van der Waals surface area contributed by atoms with Gasteiger partial charge in [-0.15, -0.1) is 5.10 Å². The molecule has 6 N–H and O–H groups in total. The van der Waals surface area contributed by atoms with Gasteiger partial charge in [-0.05, 0) is 106 Å². The minimum absolute atomic E-state index is 0.0476. The Bertz CT molecular complexity index is 2140. The summed E-state index contributed by atoms with van der Waals surface area (Å²) in [5.41, 5.74) is 0.125. The van der Waals surface area contributed by atoms with Crippen molar-refractivity contribution in [2.45, 2.75) is 149 Å². The number of ketones is 1. The molecule has 1 aromatic heterocycles. The number of carbonyl (C=O) groups is 4. The third-order valence-electron chi connectivity index (χ3n) is 14.1. The second-order valence-electron chi connectivity index (χ2n) is 22.0. The maximum Gasteiger partial charge on any atom is 0.407 e. The van der Waals surface area contributed by atoms with Crippen LogP contribution in [0.25, 0.3) is 0 Å². The molecule has 2 aromatic rings. The molecule has 19 heteroatoms. The predicted octanol–water partition coefficient (Wildman–Crippen LogP) is 4.26. The van der Waals surface area contributed by atoms with Crippen LogP contribution in [0.5, 0.6) is 0 Å². The molecular weight excluding hydrogens is 941 g/mol. The Morgan fingerprint density at radius 1 is 0.945 bits per heavy atom. The number of nitrogens with one attached hydrogen (secondary N) is 3. The van der Waals surface area contributed by atoms with Crippen molar-refractivity contribution in [1.29, 1.82) is 0 Å². The van der Waals surface area contributed by atoms with E-state index in [1.165, 1.54) is 0 Å². The molecule has 3 aliphatic rings. The van der Waals surface area contributed by atoms with Crippen molar-refractivity contribution in [2.24, 2.45) is 35.0 Å². The number of Topliss-reactive ketones (excluding diaryl/α,β-unsaturated/α-hetero) is 1. The average Bonchev–Trinajstić information content (AvgIpc) is 3.53. The molecule has 2 fully saturated rings. The highest BCUT2D eigenvalue weighted by atomic mass is 16.6. The van der Waals surface area contributed by atoms with Crippen molar-refractivity contribution in [2.75, 3.05) is 59.4 Å². The molecule has 0 saturated heterocycles. The van der Waals surface area contributed by atoms with Crippen LogP contribution in [0.4, 0.5) is 4.79 Å². The van der Waals surface area contributed by atoms with E-state index in [0.29, 0.717) is 82.8 Å². The number of aromatic nitrogens is 3. The fourth-order valence-corrected chi connectivity index (χ4v) is 10.1. The number of aliphatic hydroxyl groups is 3. The molecule has 19 nitrogen and oxygen atoms in total. The SMILES string of the molecule is C=C1CC[C@H]2[C@@H](/C=C(\C)C(=O)[C@@]3(O)C[C@H](C)[C@H](O)[C@@H]3[C@H]1OCc1cn(CCOCCOCCOCCOCCNC(=O)[C@H](CC(C)C)NC(=O)[C@@H](O)[C@@H](Cc3ccccc3)NC(=O)OC(C)(C)C)nn1)C2(C)C. The van der Waals surface area contributed by atoms with Crippen molar-refractivity contribution in [3.05, 3.63) is 71.6 Å². The van der Waals surface area contributed by atoms with Crippen LogP contribution in [-0.2, 0) is 62.4 Å². The predicted molar refractivity (Wildman–Crippen MR) is 272 cm³/mol. The van der Waals surface area contributed by atoms with Crippen LogP contribution in [0.15, 0.2) is 60.3 Å². The summed E-state index contributed by atoms with van der Waals surface area (Å²) in [6.45, 7) is 24.7. The summed E-state index contributed by atoms with van der Waals surface area (Å²) < 4.78 is 36.0. The third kappa shape index (κ3) is 17.5. The Labute approximate surface area is 431 Å². The number of carbonyl (C=O) groups excluding carboxylic acids is 4. The van der Waals surface area contributed by atoms with Crippen molar-refractivity contribution < 1.29 is 62.9 Å². The molecule has 2 saturated carbocycles. The van der Waals surface area contributed by atoms with Crippen LogP contribution in [-0.4, -0.2) is 155 Å². The molecule has 0 unspecified atom stereocenters. The first kappa shape index (κ1) is 59.3. The molecule has 0 radical (unpaired) electrons. The topological polar surface area (TPSA) is 251 Å². The van der Waals surface area contributed by atoms with Gasteiger partial charge < -0.3 is 59.7 Å². The maximum absolute atomic E-state index is 13.9. The van der Waals surface area contributed by atoms with Crippen LogP contribution in [0, 0.1) is 35.0 Å². The summed E-state index contributed by atoms with van der Waals surface area (Å²) in [5.74, 6) is -2.06. The lowest BCUT2D eigenvalue weighted by Gasteiger charge is -2.37. The van der Waals surface area contributed by atoms with E-state index in [1.807, 2.05) is 57.2 Å². The Morgan fingerprint density at radius 2 is 1.58 bits per heavy atom. The van der Waals surface area contributed by atoms with Crippen LogP contribution in [0.2, 0.25) is 0 Å². The lowest BCUT2D eigenvalue weighted by molar-refractivity contribution is -0.148. The van der Waals surface area contributed by atoms with E-state index in [2.05, 4.69) is 46.7 Å². The number of rotatable bonds is 27. The summed E-state index contributed by atoms with van der Waals surface area (Å²) >= 11 is 0. The van der Waals surface area contributed by atoms with E-state index >= 15 is 0 Å². The smallest absolute Gasteiger partial charge is 0.407 e. The highest BCUT2D eigenvalue weighted by Gasteiger charge is 2.61. The van der Waals surface area contributed by atoms with Crippen LogP contribution in [0.3, 0.4) is 0 Å². The van der Waals surface area contributed by atoms with Gasteiger partial charge in [-0.25, -0.2) is 9.48 Å². The van der Waals surface area contributed by atoms with Gasteiger partial charge in [0.2, 0.25) is 5.91 Å². The number of ether oxygens (including phenoxy) is 6. The summed E-state index contributed by atoms with van der Waals surface area (Å²) in [7, 11) is 0. The summed E-state index contributed by atoms with van der Waals surface area (Å²) in [5, 5.41) is 51.1. The third-order valence-corrected chi connectivity index (χ3v) is 14.1. The number of hydrogen-bond donors (Lipinski definition) is 6. The van der Waals surface area contributed by atoms with E-state index < -0.39 is 65.4 Å². The lowest BCUT2D eigenvalue weighted by atomic mass is 9.77. The summed E-state index contributed by atoms with van der Waals surface area (Å²) in [6, 6.07) is 7.17. The van der Waals surface area contributed by atoms with Gasteiger partial charge in [-0.2, -0.15) is 0 Å². The van der Waals surface area contributed by atoms with E-state index in [-0.39, 0.29) is 61.6 Å². The number of alkyl carbamates (subject to hydrolysis) is 1. The number of hydrogen-bond acceptors (Lipinski definition) is 15. The van der Waals surface area contributed by atoms with Gasteiger partial charge in [-0.3, -0.25) is 14.4 Å². The molecule has 1 heterocycles. The minimum atomic E-state index is -1.78. The molecule has 408 valence electrons. The van der Waals surface area contributed by atoms with Crippen LogP contribution >= 0.6 is 0 Å². The summed E-state index contributed by atoms with van der Waals surface area (Å²) in [4.78, 5) is 53.0. The second-order valence-corrected chi connectivity index (χ2v) is 22.0. The van der Waals surface area contributed by atoms with Crippen LogP contribution < -0.4 is 16.0 Å². The maximum atomic E-state index is 13.9. The van der Waals surface area contributed by atoms with Crippen molar-refractivity contribution >= 4 is 23.7 Å². The number of amides is 3. The molecular formula is C54H84N6O13. The second kappa shape index (κ2) is 27.3. The Balaban J connectivity index is 0.927. The van der Waals surface area contributed by atoms with Gasteiger partial charge in [0, 0.05) is 6.54 Å². The molecule has 1 aromatic carbocycles. The Hall–Kier alpha value is -4.60. The number of benzene rings is 1. The van der Waals surface area contributed by atoms with Crippen molar-refractivity contribution in [3.63, 3.8) is 0 Å². The van der Waals surface area contributed by atoms with Crippen molar-refractivity contribution in [3.8, 4) is 0 Å². The largest absolute Gasteiger partial charge is 0.444 e. The first-order valence-corrected chi connectivity index (χ1v) is 25.9. The number of allylic oxidation sites excluding steroid dienone is 1.